The van der Waals surface area contributed by atoms with Crippen LogP contribution in [0.2, 0.25) is 0 Å². The lowest BCUT2D eigenvalue weighted by Gasteiger charge is -2.05. The van der Waals surface area contributed by atoms with Crippen molar-refractivity contribution >= 4 is 5.65 Å². The summed E-state index contributed by atoms with van der Waals surface area (Å²) in [5.41, 5.74) is 3.02. The molecule has 0 spiro atoms. The molecule has 0 unspecified atom stereocenters. The number of nitrogens with zero attached hydrogens (tertiary/aromatic N) is 3. The molecule has 0 N–H and O–H groups in total. The van der Waals surface area contributed by atoms with E-state index in [4.69, 9.17) is 0 Å². The molecule has 1 aliphatic carbocycles. The average molecular weight is 223 g/mol. The fourth-order valence-corrected chi connectivity index (χ4v) is 1.98. The number of fused-ring (bicyclic) bond motifs is 1. The molecule has 84 valence electrons. The summed E-state index contributed by atoms with van der Waals surface area (Å²) in [5.74, 6) is 6.38. The van der Waals surface area contributed by atoms with E-state index in [2.05, 4.69) is 28.0 Å². The van der Waals surface area contributed by atoms with Gasteiger partial charge in [0.15, 0.2) is 5.65 Å². The van der Waals surface area contributed by atoms with Crippen LogP contribution in [-0.2, 0) is 0 Å². The van der Waals surface area contributed by atoms with Crippen LogP contribution in [0.3, 0.4) is 0 Å². The van der Waals surface area contributed by atoms with Crippen LogP contribution in [0.25, 0.3) is 5.65 Å². The molecule has 3 nitrogen and oxygen atoms in total. The van der Waals surface area contributed by atoms with Gasteiger partial charge in [-0.25, -0.2) is 9.50 Å². The van der Waals surface area contributed by atoms with E-state index in [1.165, 1.54) is 24.8 Å². The Labute approximate surface area is 100 Å². The summed E-state index contributed by atoms with van der Waals surface area (Å²) in [6, 6.07) is 1.88. The Balaban J connectivity index is 1.89. The van der Waals surface area contributed by atoms with Crippen molar-refractivity contribution < 1.29 is 0 Å². The number of rotatable bonds is 0. The van der Waals surface area contributed by atoms with Crippen LogP contribution >= 0.6 is 0 Å². The van der Waals surface area contributed by atoms with Gasteiger partial charge in [0.25, 0.3) is 0 Å². The van der Waals surface area contributed by atoms with Crippen molar-refractivity contribution in [3.63, 3.8) is 0 Å². The molecular weight excluding hydrogens is 210 g/mol. The normalized spacial score (nSPS) is 15.2. The molecule has 0 atom stereocenters. The largest absolute Gasteiger partial charge is 0.236 e. The van der Waals surface area contributed by atoms with E-state index < -0.39 is 0 Å². The molecule has 0 fully saturated rings. The molecule has 3 rings (SSSR count). The zero-order valence-corrected chi connectivity index (χ0v) is 9.56. The minimum atomic E-state index is 0.854. The van der Waals surface area contributed by atoms with Crippen LogP contribution in [0, 0.1) is 11.8 Å². The molecule has 0 aromatic carbocycles. The molecule has 0 saturated carbocycles. The fraction of sp³-hybridized carbons (Fsp3) is 0.286. The van der Waals surface area contributed by atoms with Gasteiger partial charge in [-0.1, -0.05) is 17.9 Å². The third kappa shape index (κ3) is 2.21. The van der Waals surface area contributed by atoms with Gasteiger partial charge in [0.2, 0.25) is 0 Å². The van der Waals surface area contributed by atoms with E-state index in [-0.39, 0.29) is 0 Å². The summed E-state index contributed by atoms with van der Waals surface area (Å²) in [7, 11) is 0. The van der Waals surface area contributed by atoms with Crippen LogP contribution in [0.4, 0.5) is 0 Å². The maximum absolute atomic E-state index is 4.28. The van der Waals surface area contributed by atoms with Gasteiger partial charge in [-0.05, 0) is 31.3 Å². The zero-order valence-electron chi connectivity index (χ0n) is 9.56. The van der Waals surface area contributed by atoms with Gasteiger partial charge in [-0.15, -0.1) is 0 Å². The minimum absolute atomic E-state index is 0.854. The van der Waals surface area contributed by atoms with Crippen molar-refractivity contribution in [2.24, 2.45) is 0 Å². The molecule has 2 heterocycles. The molecular formula is C14H13N3. The smallest absolute Gasteiger partial charge is 0.154 e. The molecule has 3 heteroatoms. The molecule has 17 heavy (non-hydrogen) atoms. The first-order chi connectivity index (χ1) is 8.42. The van der Waals surface area contributed by atoms with Gasteiger partial charge in [0.05, 0.1) is 11.8 Å². The molecule has 2 aromatic rings. The fourth-order valence-electron chi connectivity index (χ4n) is 1.98. The summed E-state index contributed by atoms with van der Waals surface area (Å²) in [5, 5.41) is 4.15. The monoisotopic (exact) mass is 223 g/mol. The Morgan fingerprint density at radius 3 is 3.12 bits per heavy atom. The molecule has 2 aromatic heterocycles. The van der Waals surface area contributed by atoms with Gasteiger partial charge in [-0.2, -0.15) is 5.10 Å². The van der Waals surface area contributed by atoms with Crippen LogP contribution in [-0.4, -0.2) is 14.6 Å². The Hall–Kier alpha value is -2.08. The van der Waals surface area contributed by atoms with E-state index in [1.54, 1.807) is 16.9 Å². The topological polar surface area (TPSA) is 30.2 Å². The van der Waals surface area contributed by atoms with E-state index in [9.17, 15) is 0 Å². The highest BCUT2D eigenvalue weighted by atomic mass is 15.2. The van der Waals surface area contributed by atoms with Gasteiger partial charge in [-0.3, -0.25) is 0 Å². The third-order valence-electron chi connectivity index (χ3n) is 2.91. The second-order valence-corrected chi connectivity index (χ2v) is 4.20. The third-order valence-corrected chi connectivity index (χ3v) is 2.91. The first-order valence-electron chi connectivity index (χ1n) is 5.92. The Morgan fingerprint density at radius 2 is 2.24 bits per heavy atom. The van der Waals surface area contributed by atoms with Crippen molar-refractivity contribution in [1.29, 1.82) is 0 Å². The first-order valence-corrected chi connectivity index (χ1v) is 5.92. The lowest BCUT2D eigenvalue weighted by Crippen LogP contribution is -1.92. The Morgan fingerprint density at radius 1 is 1.24 bits per heavy atom. The molecule has 0 amide bonds. The number of hydrogen-bond acceptors (Lipinski definition) is 2. The van der Waals surface area contributed by atoms with E-state index in [0.717, 1.165) is 17.6 Å². The SMILES string of the molecule is C(#Cc1cnc2ccnn2c1)C1=CCCCC1. The van der Waals surface area contributed by atoms with Gasteiger partial charge < -0.3 is 0 Å². The summed E-state index contributed by atoms with van der Waals surface area (Å²) in [6.45, 7) is 0. The van der Waals surface area contributed by atoms with Crippen LogP contribution in [0.5, 0.6) is 0 Å². The number of hydrogen-bond donors (Lipinski definition) is 0. The standard InChI is InChI=1S/C14H13N3/c1-2-4-12(5-3-1)6-7-13-10-15-14-8-9-16-17(14)11-13/h4,8-11H,1-3,5H2. The summed E-state index contributed by atoms with van der Waals surface area (Å²) in [6.07, 6.45) is 12.5. The quantitative estimate of drug-likeness (QED) is 0.642. The van der Waals surface area contributed by atoms with E-state index >= 15 is 0 Å². The van der Waals surface area contributed by atoms with E-state index in [1.807, 2.05) is 12.3 Å². The maximum atomic E-state index is 4.28. The Bertz CT molecular complexity index is 625. The predicted molar refractivity (Wildman–Crippen MR) is 66.4 cm³/mol. The van der Waals surface area contributed by atoms with Crippen molar-refractivity contribution in [1.82, 2.24) is 14.6 Å². The van der Waals surface area contributed by atoms with Crippen LogP contribution < -0.4 is 0 Å². The number of aromatic nitrogens is 3. The lowest BCUT2D eigenvalue weighted by atomic mass is 10.00. The highest BCUT2D eigenvalue weighted by molar-refractivity contribution is 5.43. The van der Waals surface area contributed by atoms with Crippen molar-refractivity contribution in [3.8, 4) is 11.8 Å². The van der Waals surface area contributed by atoms with E-state index in [0.29, 0.717) is 0 Å². The van der Waals surface area contributed by atoms with Crippen molar-refractivity contribution in [2.45, 2.75) is 25.7 Å². The molecule has 0 bridgehead atoms. The van der Waals surface area contributed by atoms with Crippen molar-refractivity contribution in [3.05, 3.63) is 41.9 Å². The van der Waals surface area contributed by atoms with Gasteiger partial charge in [0, 0.05) is 18.5 Å². The summed E-state index contributed by atoms with van der Waals surface area (Å²) < 4.78 is 1.75. The highest BCUT2D eigenvalue weighted by Gasteiger charge is 2.00. The minimum Gasteiger partial charge on any atom is -0.236 e. The second kappa shape index (κ2) is 4.42. The first kappa shape index (κ1) is 10.1. The lowest BCUT2D eigenvalue weighted by molar-refractivity contribution is 0.715. The van der Waals surface area contributed by atoms with Crippen LogP contribution in [0.15, 0.2) is 36.3 Å². The molecule has 0 saturated heterocycles. The van der Waals surface area contributed by atoms with Gasteiger partial charge in [0.1, 0.15) is 0 Å². The highest BCUT2D eigenvalue weighted by Crippen LogP contribution is 2.16. The second-order valence-electron chi connectivity index (χ2n) is 4.20. The molecule has 0 radical (unpaired) electrons. The van der Waals surface area contributed by atoms with Crippen LogP contribution in [0.1, 0.15) is 31.2 Å². The van der Waals surface area contributed by atoms with Gasteiger partial charge >= 0.3 is 0 Å². The molecule has 0 aliphatic heterocycles. The summed E-state index contributed by atoms with van der Waals surface area (Å²) in [4.78, 5) is 4.28. The zero-order chi connectivity index (χ0) is 11.5. The average Bonchev–Trinajstić information content (AvgIpc) is 2.85. The summed E-state index contributed by atoms with van der Waals surface area (Å²) >= 11 is 0. The molecule has 1 aliphatic rings. The van der Waals surface area contributed by atoms with Crippen molar-refractivity contribution in [2.75, 3.05) is 0 Å². The maximum Gasteiger partial charge on any atom is 0.154 e. The Kier molecular flexibility index (Phi) is 2.63. The number of allylic oxidation sites excluding steroid dienone is 2. The predicted octanol–water partition coefficient (Wildman–Crippen LogP) is 2.58.